The molecule has 0 spiro atoms. The summed E-state index contributed by atoms with van der Waals surface area (Å²) in [7, 11) is 0. The Morgan fingerprint density at radius 3 is 2.41 bits per heavy atom. The number of rotatable bonds is 7. The van der Waals surface area contributed by atoms with Gasteiger partial charge in [0.25, 0.3) is 5.91 Å². The number of aromatic nitrogens is 2. The minimum Gasteiger partial charge on any atom is -0.326 e. The third kappa shape index (κ3) is 4.68. The largest absolute Gasteiger partial charge is 0.326 e. The van der Waals surface area contributed by atoms with Gasteiger partial charge in [0.2, 0.25) is 5.91 Å². The first kappa shape index (κ1) is 20.3. The third-order valence-electron chi connectivity index (χ3n) is 5.28. The topological polar surface area (TPSA) is 75.5 Å². The van der Waals surface area contributed by atoms with Crippen LogP contribution in [0, 0.1) is 5.92 Å². The fraction of sp³-hybridized carbons (Fsp3) is 0.160. The van der Waals surface area contributed by atoms with E-state index in [0.717, 1.165) is 34.8 Å². The summed E-state index contributed by atoms with van der Waals surface area (Å²) >= 11 is 1.59. The van der Waals surface area contributed by atoms with Gasteiger partial charge in [0.1, 0.15) is 5.65 Å². The molecular weight excluding hydrogens is 420 g/mol. The zero-order valence-electron chi connectivity index (χ0n) is 17.3. The van der Waals surface area contributed by atoms with Crippen molar-refractivity contribution in [2.24, 2.45) is 5.92 Å². The van der Waals surface area contributed by atoms with E-state index in [9.17, 15) is 9.59 Å². The lowest BCUT2D eigenvalue weighted by molar-refractivity contribution is -0.117. The molecule has 2 aromatic heterocycles. The van der Waals surface area contributed by atoms with Crippen molar-refractivity contribution in [1.82, 2.24) is 9.38 Å². The van der Waals surface area contributed by atoms with Crippen LogP contribution in [-0.4, -0.2) is 21.2 Å². The maximum absolute atomic E-state index is 12.9. The SMILES string of the molecule is O=C(Nc1ccc(NC(=O)C2CC2)cc1)c1ccccc1SCc1cn2ccccc2n1. The Hall–Kier alpha value is -3.58. The molecule has 2 N–H and O–H groups in total. The summed E-state index contributed by atoms with van der Waals surface area (Å²) in [6.45, 7) is 0. The summed E-state index contributed by atoms with van der Waals surface area (Å²) in [5.41, 5.74) is 3.90. The van der Waals surface area contributed by atoms with E-state index in [1.54, 1.807) is 36.0 Å². The predicted molar refractivity (Wildman–Crippen MR) is 127 cm³/mol. The average molecular weight is 443 g/mol. The highest BCUT2D eigenvalue weighted by atomic mass is 32.2. The first-order valence-electron chi connectivity index (χ1n) is 10.5. The van der Waals surface area contributed by atoms with Gasteiger partial charge in [-0.15, -0.1) is 11.8 Å². The highest BCUT2D eigenvalue weighted by Gasteiger charge is 2.29. The number of thioether (sulfide) groups is 1. The Bertz CT molecular complexity index is 1250. The van der Waals surface area contributed by atoms with Crippen LogP contribution in [0.5, 0.6) is 0 Å². The summed E-state index contributed by atoms with van der Waals surface area (Å²) < 4.78 is 1.99. The Morgan fingerprint density at radius 1 is 0.938 bits per heavy atom. The number of nitrogens with one attached hydrogen (secondary N) is 2. The molecule has 7 heteroatoms. The Balaban J connectivity index is 1.24. The van der Waals surface area contributed by atoms with Gasteiger partial charge in [-0.2, -0.15) is 0 Å². The van der Waals surface area contributed by atoms with Crippen molar-refractivity contribution in [2.45, 2.75) is 23.5 Å². The van der Waals surface area contributed by atoms with Crippen LogP contribution in [0.25, 0.3) is 5.65 Å². The van der Waals surface area contributed by atoms with Gasteiger partial charge in [0.05, 0.1) is 11.3 Å². The molecule has 0 bridgehead atoms. The van der Waals surface area contributed by atoms with Gasteiger partial charge in [-0.3, -0.25) is 9.59 Å². The first-order valence-corrected chi connectivity index (χ1v) is 11.5. The lowest BCUT2D eigenvalue weighted by atomic mass is 10.2. The zero-order valence-corrected chi connectivity index (χ0v) is 18.1. The number of anilines is 2. The molecule has 1 fully saturated rings. The van der Waals surface area contributed by atoms with Crippen molar-refractivity contribution >= 4 is 40.6 Å². The molecule has 4 aromatic rings. The maximum Gasteiger partial charge on any atom is 0.256 e. The number of amides is 2. The number of pyridine rings is 1. The van der Waals surface area contributed by atoms with Crippen molar-refractivity contribution in [2.75, 3.05) is 10.6 Å². The summed E-state index contributed by atoms with van der Waals surface area (Å²) in [5, 5.41) is 5.85. The van der Waals surface area contributed by atoms with Gasteiger partial charge in [-0.25, -0.2) is 4.98 Å². The second kappa shape index (κ2) is 8.88. The molecule has 2 aromatic carbocycles. The van der Waals surface area contributed by atoms with Crippen LogP contribution in [0.3, 0.4) is 0 Å². The fourth-order valence-corrected chi connectivity index (χ4v) is 4.35. The van der Waals surface area contributed by atoms with E-state index in [2.05, 4.69) is 15.6 Å². The molecule has 6 nitrogen and oxygen atoms in total. The standard InChI is InChI=1S/C25H22N4O2S/c30-24(17-8-9-17)27-18-10-12-19(13-11-18)28-25(31)21-5-1-2-6-22(21)32-16-20-15-29-14-4-3-7-23(29)26-20/h1-7,10-15,17H,8-9,16H2,(H,27,30)(H,28,31). The van der Waals surface area contributed by atoms with Crippen molar-refractivity contribution in [3.8, 4) is 0 Å². The quantitative estimate of drug-likeness (QED) is 0.385. The van der Waals surface area contributed by atoms with Crippen molar-refractivity contribution in [3.05, 3.63) is 90.4 Å². The second-order valence-electron chi connectivity index (χ2n) is 7.78. The number of hydrogen-bond acceptors (Lipinski definition) is 4. The van der Waals surface area contributed by atoms with Crippen molar-refractivity contribution in [3.63, 3.8) is 0 Å². The molecule has 160 valence electrons. The Kier molecular flexibility index (Phi) is 5.64. The van der Waals surface area contributed by atoms with E-state index in [0.29, 0.717) is 17.0 Å². The van der Waals surface area contributed by atoms with Gasteiger partial charge < -0.3 is 15.0 Å². The highest BCUT2D eigenvalue weighted by molar-refractivity contribution is 7.98. The lowest BCUT2D eigenvalue weighted by Crippen LogP contribution is -2.14. The van der Waals surface area contributed by atoms with E-state index < -0.39 is 0 Å². The molecule has 0 unspecified atom stereocenters. The number of hydrogen-bond donors (Lipinski definition) is 2. The van der Waals surface area contributed by atoms with Crippen LogP contribution < -0.4 is 10.6 Å². The molecule has 2 heterocycles. The molecule has 32 heavy (non-hydrogen) atoms. The minimum atomic E-state index is -0.169. The third-order valence-corrected chi connectivity index (χ3v) is 6.39. The molecule has 5 rings (SSSR count). The maximum atomic E-state index is 12.9. The Labute approximate surface area is 190 Å². The van der Waals surface area contributed by atoms with E-state index in [4.69, 9.17) is 0 Å². The molecule has 0 radical (unpaired) electrons. The van der Waals surface area contributed by atoms with Crippen molar-refractivity contribution in [1.29, 1.82) is 0 Å². The molecule has 1 aliphatic carbocycles. The monoisotopic (exact) mass is 442 g/mol. The zero-order chi connectivity index (χ0) is 21.9. The van der Waals surface area contributed by atoms with Crippen LogP contribution in [0.1, 0.15) is 28.9 Å². The van der Waals surface area contributed by atoms with Crippen LogP contribution in [-0.2, 0) is 10.5 Å². The number of carbonyl (C=O) groups excluding carboxylic acids is 2. The van der Waals surface area contributed by atoms with Crippen LogP contribution >= 0.6 is 11.8 Å². The molecule has 2 amide bonds. The number of nitrogens with zero attached hydrogens (tertiary/aromatic N) is 2. The van der Waals surface area contributed by atoms with Gasteiger partial charge >= 0.3 is 0 Å². The summed E-state index contributed by atoms with van der Waals surface area (Å²) in [5.74, 6) is 0.724. The van der Waals surface area contributed by atoms with Crippen LogP contribution in [0.15, 0.2) is 84.0 Å². The van der Waals surface area contributed by atoms with Crippen molar-refractivity contribution < 1.29 is 9.59 Å². The predicted octanol–water partition coefficient (Wildman–Crippen LogP) is 5.23. The molecule has 0 atom stereocenters. The summed E-state index contributed by atoms with van der Waals surface area (Å²) in [4.78, 5) is 30.3. The van der Waals surface area contributed by atoms with E-state index in [-0.39, 0.29) is 17.7 Å². The number of fused-ring (bicyclic) bond motifs is 1. The summed E-state index contributed by atoms with van der Waals surface area (Å²) in [6, 6.07) is 20.7. The molecule has 0 saturated heterocycles. The van der Waals surface area contributed by atoms with Gasteiger partial charge in [-0.1, -0.05) is 18.2 Å². The fourth-order valence-electron chi connectivity index (χ4n) is 3.41. The van der Waals surface area contributed by atoms with Gasteiger partial charge in [0.15, 0.2) is 0 Å². The van der Waals surface area contributed by atoms with E-state index in [1.165, 1.54) is 0 Å². The van der Waals surface area contributed by atoms with E-state index in [1.807, 2.05) is 59.3 Å². The highest BCUT2D eigenvalue weighted by Crippen LogP contribution is 2.30. The molecule has 0 aliphatic heterocycles. The average Bonchev–Trinajstić information content (AvgIpc) is 3.58. The van der Waals surface area contributed by atoms with E-state index >= 15 is 0 Å². The lowest BCUT2D eigenvalue weighted by Gasteiger charge is -2.10. The van der Waals surface area contributed by atoms with Gasteiger partial charge in [-0.05, 0) is 61.4 Å². The smallest absolute Gasteiger partial charge is 0.256 e. The number of benzene rings is 2. The summed E-state index contributed by atoms with van der Waals surface area (Å²) in [6.07, 6.45) is 5.91. The number of imidazole rings is 1. The minimum absolute atomic E-state index is 0.0679. The molecular formula is C25H22N4O2S. The Morgan fingerprint density at radius 2 is 1.66 bits per heavy atom. The molecule has 1 saturated carbocycles. The van der Waals surface area contributed by atoms with Crippen LogP contribution in [0.2, 0.25) is 0 Å². The number of carbonyl (C=O) groups is 2. The second-order valence-corrected chi connectivity index (χ2v) is 8.80. The first-order chi connectivity index (χ1) is 15.7. The molecule has 1 aliphatic rings. The van der Waals surface area contributed by atoms with Crippen LogP contribution in [0.4, 0.5) is 11.4 Å². The normalized spacial score (nSPS) is 13.1. The van der Waals surface area contributed by atoms with Gasteiger partial charge in [0, 0.05) is 40.3 Å².